The molecule has 0 radical (unpaired) electrons. The molecule has 7 heteroatoms. The minimum Gasteiger partial charge on any atom is -0.476 e. The molecule has 0 spiro atoms. The topological polar surface area (TPSA) is 81.6 Å². The number of aromatic carboxylic acids is 1. The summed E-state index contributed by atoms with van der Waals surface area (Å²) in [4.78, 5) is 24.0. The summed E-state index contributed by atoms with van der Waals surface area (Å²) in [6, 6.07) is 0. The van der Waals surface area contributed by atoms with Crippen molar-refractivity contribution in [3.8, 4) is 0 Å². The van der Waals surface area contributed by atoms with Gasteiger partial charge >= 0.3 is 5.97 Å². The van der Waals surface area contributed by atoms with Gasteiger partial charge in [0, 0.05) is 50.7 Å². The Kier molecular flexibility index (Phi) is 5.31. The molecule has 2 rings (SSSR count). The molecule has 0 atom stereocenters. The Balaban J connectivity index is 1.97. The lowest BCUT2D eigenvalue weighted by Crippen LogP contribution is -2.57. The van der Waals surface area contributed by atoms with Crippen LogP contribution in [-0.4, -0.2) is 75.7 Å². The molecule has 0 saturated carbocycles. The third-order valence-electron chi connectivity index (χ3n) is 4.26. The molecule has 1 aliphatic rings. The zero-order valence-electron chi connectivity index (χ0n) is 13.5. The van der Waals surface area contributed by atoms with E-state index in [2.05, 4.69) is 45.9 Å². The first-order valence-electron chi connectivity index (χ1n) is 7.69. The molecule has 0 aliphatic carbocycles. The molecule has 7 nitrogen and oxygen atoms in total. The number of rotatable bonds is 6. The average molecular weight is 307 g/mol. The standard InChI is InChI=1S/C15H25N5O2/c1-4-19-7-9-20(10-8-19)15(2,3)11-18-13-12(14(21)22)16-5-6-17-13/h5-6H,4,7-11H2,1-3H3,(H,17,18)(H,21,22). The van der Waals surface area contributed by atoms with E-state index in [1.54, 1.807) is 0 Å². The van der Waals surface area contributed by atoms with E-state index in [0.29, 0.717) is 12.4 Å². The molecule has 0 aromatic carbocycles. The summed E-state index contributed by atoms with van der Waals surface area (Å²) in [7, 11) is 0. The molecule has 1 saturated heterocycles. The molecule has 0 unspecified atom stereocenters. The van der Waals surface area contributed by atoms with Crippen molar-refractivity contribution in [1.82, 2.24) is 19.8 Å². The summed E-state index contributed by atoms with van der Waals surface area (Å²) in [5.74, 6) is -0.736. The van der Waals surface area contributed by atoms with Gasteiger partial charge in [0.25, 0.3) is 0 Å². The maximum Gasteiger partial charge on any atom is 0.358 e. The van der Waals surface area contributed by atoms with Crippen molar-refractivity contribution < 1.29 is 9.90 Å². The van der Waals surface area contributed by atoms with Gasteiger partial charge in [-0.25, -0.2) is 14.8 Å². The van der Waals surface area contributed by atoms with Gasteiger partial charge in [-0.15, -0.1) is 0 Å². The van der Waals surface area contributed by atoms with Gasteiger partial charge in [0.2, 0.25) is 0 Å². The maximum atomic E-state index is 11.2. The molecule has 1 aromatic rings. The predicted molar refractivity (Wildman–Crippen MR) is 85.2 cm³/mol. The van der Waals surface area contributed by atoms with Crippen LogP contribution in [0.2, 0.25) is 0 Å². The van der Waals surface area contributed by atoms with E-state index >= 15 is 0 Å². The number of carboxylic acid groups (broad SMARTS) is 1. The van der Waals surface area contributed by atoms with Crippen LogP contribution in [-0.2, 0) is 0 Å². The van der Waals surface area contributed by atoms with Crippen LogP contribution in [0.4, 0.5) is 5.82 Å². The fraction of sp³-hybridized carbons (Fsp3) is 0.667. The first-order chi connectivity index (χ1) is 10.4. The van der Waals surface area contributed by atoms with Crippen LogP contribution in [0, 0.1) is 0 Å². The van der Waals surface area contributed by atoms with Gasteiger partial charge in [-0.05, 0) is 20.4 Å². The number of hydrogen-bond donors (Lipinski definition) is 2. The van der Waals surface area contributed by atoms with Gasteiger partial charge in [-0.3, -0.25) is 4.90 Å². The Morgan fingerprint density at radius 2 is 1.91 bits per heavy atom. The highest BCUT2D eigenvalue weighted by molar-refractivity contribution is 5.90. The monoisotopic (exact) mass is 307 g/mol. The smallest absolute Gasteiger partial charge is 0.358 e. The second kappa shape index (κ2) is 7.02. The molecule has 1 aromatic heterocycles. The Morgan fingerprint density at radius 1 is 1.27 bits per heavy atom. The molecular formula is C15H25N5O2. The fourth-order valence-corrected chi connectivity index (χ4v) is 2.71. The predicted octanol–water partition coefficient (Wildman–Crippen LogP) is 1.00. The van der Waals surface area contributed by atoms with Crippen molar-refractivity contribution in [2.24, 2.45) is 0 Å². The molecule has 22 heavy (non-hydrogen) atoms. The van der Waals surface area contributed by atoms with Gasteiger partial charge in [-0.1, -0.05) is 6.92 Å². The minimum atomic E-state index is -1.06. The number of piperazine rings is 1. The van der Waals surface area contributed by atoms with Gasteiger partial charge in [0.05, 0.1) is 0 Å². The zero-order valence-corrected chi connectivity index (χ0v) is 13.5. The van der Waals surface area contributed by atoms with Crippen LogP contribution >= 0.6 is 0 Å². The Bertz CT molecular complexity index is 512. The Labute approximate surface area is 131 Å². The highest BCUT2D eigenvalue weighted by Crippen LogP contribution is 2.18. The third kappa shape index (κ3) is 3.92. The fourth-order valence-electron chi connectivity index (χ4n) is 2.71. The van der Waals surface area contributed by atoms with Crippen molar-refractivity contribution in [2.45, 2.75) is 26.3 Å². The van der Waals surface area contributed by atoms with Gasteiger partial charge < -0.3 is 15.3 Å². The highest BCUT2D eigenvalue weighted by atomic mass is 16.4. The largest absolute Gasteiger partial charge is 0.476 e. The SMILES string of the molecule is CCN1CCN(C(C)(C)CNc2nccnc2C(=O)O)CC1. The lowest BCUT2D eigenvalue weighted by Gasteiger charge is -2.44. The third-order valence-corrected chi connectivity index (χ3v) is 4.26. The molecular weight excluding hydrogens is 282 g/mol. The zero-order chi connectivity index (χ0) is 16.2. The summed E-state index contributed by atoms with van der Waals surface area (Å²) < 4.78 is 0. The van der Waals surface area contributed by atoms with Crippen molar-refractivity contribution >= 4 is 11.8 Å². The summed E-state index contributed by atoms with van der Waals surface area (Å²) in [6.45, 7) is 12.4. The number of likely N-dealkylation sites (N-methyl/N-ethyl adjacent to an activating group) is 1. The van der Waals surface area contributed by atoms with Crippen molar-refractivity contribution in [3.63, 3.8) is 0 Å². The van der Waals surface area contributed by atoms with E-state index in [1.807, 2.05) is 0 Å². The second-order valence-electron chi connectivity index (χ2n) is 6.15. The number of carbonyl (C=O) groups is 1. The van der Waals surface area contributed by atoms with Crippen LogP contribution in [0.15, 0.2) is 12.4 Å². The first-order valence-corrected chi connectivity index (χ1v) is 7.69. The van der Waals surface area contributed by atoms with E-state index in [-0.39, 0.29) is 11.2 Å². The number of hydrogen-bond acceptors (Lipinski definition) is 6. The lowest BCUT2D eigenvalue weighted by molar-refractivity contribution is 0.0612. The van der Waals surface area contributed by atoms with Crippen LogP contribution in [0.25, 0.3) is 0 Å². The Hall–Kier alpha value is -1.73. The summed E-state index contributed by atoms with van der Waals surface area (Å²) in [5, 5.41) is 12.3. The van der Waals surface area contributed by atoms with Crippen LogP contribution < -0.4 is 5.32 Å². The minimum absolute atomic E-state index is 0.0332. The number of nitrogens with zero attached hydrogens (tertiary/aromatic N) is 4. The number of nitrogens with one attached hydrogen (secondary N) is 1. The summed E-state index contributed by atoms with van der Waals surface area (Å²) >= 11 is 0. The van der Waals surface area contributed by atoms with E-state index < -0.39 is 5.97 Å². The average Bonchev–Trinajstić information content (AvgIpc) is 2.53. The first kappa shape index (κ1) is 16.6. The van der Waals surface area contributed by atoms with E-state index in [9.17, 15) is 4.79 Å². The highest BCUT2D eigenvalue weighted by Gasteiger charge is 2.30. The maximum absolute atomic E-state index is 11.2. The molecule has 1 fully saturated rings. The molecule has 2 heterocycles. The molecule has 2 N–H and O–H groups in total. The van der Waals surface area contributed by atoms with Crippen molar-refractivity contribution in [3.05, 3.63) is 18.1 Å². The Morgan fingerprint density at radius 3 is 2.50 bits per heavy atom. The van der Waals surface area contributed by atoms with E-state index in [1.165, 1.54) is 12.4 Å². The van der Waals surface area contributed by atoms with Crippen molar-refractivity contribution in [2.75, 3.05) is 44.6 Å². The van der Waals surface area contributed by atoms with Gasteiger partial charge in [-0.2, -0.15) is 0 Å². The van der Waals surface area contributed by atoms with E-state index in [4.69, 9.17) is 5.11 Å². The number of anilines is 1. The van der Waals surface area contributed by atoms with Gasteiger partial charge in [0.15, 0.2) is 11.5 Å². The quantitative estimate of drug-likeness (QED) is 0.811. The van der Waals surface area contributed by atoms with Crippen LogP contribution in [0.5, 0.6) is 0 Å². The number of carboxylic acids is 1. The summed E-state index contributed by atoms with van der Waals surface area (Å²) in [6.07, 6.45) is 2.89. The van der Waals surface area contributed by atoms with Crippen molar-refractivity contribution in [1.29, 1.82) is 0 Å². The molecule has 0 amide bonds. The second-order valence-corrected chi connectivity index (χ2v) is 6.15. The molecule has 1 aliphatic heterocycles. The molecule has 122 valence electrons. The normalized spacial score (nSPS) is 17.4. The van der Waals surface area contributed by atoms with Crippen LogP contribution in [0.1, 0.15) is 31.3 Å². The van der Waals surface area contributed by atoms with Crippen LogP contribution in [0.3, 0.4) is 0 Å². The lowest BCUT2D eigenvalue weighted by atomic mass is 10.0. The van der Waals surface area contributed by atoms with Gasteiger partial charge in [0.1, 0.15) is 0 Å². The van der Waals surface area contributed by atoms with E-state index in [0.717, 1.165) is 32.7 Å². The summed E-state index contributed by atoms with van der Waals surface area (Å²) in [5.41, 5.74) is -0.110. The molecule has 0 bridgehead atoms. The number of aromatic nitrogens is 2.